The Kier molecular flexibility index (Phi) is 10.7. The molecular weight excluding hydrogens is 667 g/mol. The zero-order valence-electron chi connectivity index (χ0n) is 30.0. The van der Waals surface area contributed by atoms with E-state index in [0.717, 1.165) is 80.2 Å². The number of benzene rings is 4. The Morgan fingerprint density at radius 1 is 0.774 bits per heavy atom. The summed E-state index contributed by atoms with van der Waals surface area (Å²) in [5.41, 5.74) is 8.42. The first-order valence-corrected chi connectivity index (χ1v) is 18.6. The summed E-state index contributed by atoms with van der Waals surface area (Å²) >= 11 is 0. The number of nitrogens with one attached hydrogen (secondary N) is 2. The highest BCUT2D eigenvalue weighted by atomic mass is 16.3. The van der Waals surface area contributed by atoms with Gasteiger partial charge in [-0.25, -0.2) is 0 Å². The lowest BCUT2D eigenvalue weighted by atomic mass is 9.88. The molecule has 272 valence electrons. The number of allylic oxidation sites excluding steroid dienone is 1. The molecular formula is C43H45N5O5. The Labute approximate surface area is 310 Å². The van der Waals surface area contributed by atoms with Crippen LogP contribution in [0.4, 0.5) is 11.4 Å². The van der Waals surface area contributed by atoms with E-state index in [4.69, 9.17) is 0 Å². The molecule has 0 aromatic heterocycles. The van der Waals surface area contributed by atoms with E-state index >= 15 is 0 Å². The number of unbranched alkanes of at least 4 members (excludes halogenated alkanes) is 1. The molecule has 3 heterocycles. The number of hydrogen-bond donors (Lipinski definition) is 3. The highest BCUT2D eigenvalue weighted by Gasteiger charge is 2.44. The van der Waals surface area contributed by atoms with Gasteiger partial charge in [0, 0.05) is 50.5 Å². The van der Waals surface area contributed by atoms with Crippen molar-refractivity contribution in [3.05, 3.63) is 125 Å². The van der Waals surface area contributed by atoms with E-state index in [9.17, 15) is 24.3 Å². The molecule has 3 aliphatic rings. The summed E-state index contributed by atoms with van der Waals surface area (Å²) in [4.78, 5) is 55.9. The standard InChI is InChI=1S/C43H45N5O5/c1-2-35(29-8-4-3-5-9-29)40(31-12-17-34(49)18-13-31)30-10-15-33(16-11-30)47-26-24-46(25-27-47)23-7-6-22-44-32-14-19-36-37(28-32)43(53)48(42(36)52)38-20-21-39(50)45-41(38)51/h3-5,8-19,28,38,44,49H,2,6-7,20-27H2,1H3,(H,45,50,51). The first-order valence-electron chi connectivity index (χ1n) is 18.6. The maximum atomic E-state index is 13.1. The molecule has 1 atom stereocenters. The van der Waals surface area contributed by atoms with Gasteiger partial charge < -0.3 is 15.3 Å². The number of rotatable bonds is 12. The molecule has 10 nitrogen and oxygen atoms in total. The van der Waals surface area contributed by atoms with Crippen LogP contribution in [0, 0.1) is 0 Å². The number of phenols is 1. The summed E-state index contributed by atoms with van der Waals surface area (Å²) in [6.07, 6.45) is 3.09. The van der Waals surface area contributed by atoms with Crippen molar-refractivity contribution in [2.24, 2.45) is 0 Å². The lowest BCUT2D eigenvalue weighted by molar-refractivity contribution is -0.136. The van der Waals surface area contributed by atoms with Gasteiger partial charge in [-0.1, -0.05) is 61.5 Å². The molecule has 4 aromatic rings. The number of fused-ring (bicyclic) bond motifs is 1. The molecule has 1 unspecified atom stereocenters. The zero-order valence-corrected chi connectivity index (χ0v) is 30.0. The number of amides is 4. The number of carbonyl (C=O) groups excluding carboxylic acids is 4. The minimum Gasteiger partial charge on any atom is -0.508 e. The number of carbonyl (C=O) groups is 4. The fraction of sp³-hybridized carbons (Fsp3) is 0.302. The Bertz CT molecular complexity index is 2020. The van der Waals surface area contributed by atoms with Crippen molar-refractivity contribution < 1.29 is 24.3 Å². The summed E-state index contributed by atoms with van der Waals surface area (Å²) in [6.45, 7) is 7.83. The average Bonchev–Trinajstić information content (AvgIpc) is 3.42. The third-order valence-electron chi connectivity index (χ3n) is 10.5. The van der Waals surface area contributed by atoms with Crippen LogP contribution in [0.3, 0.4) is 0 Å². The lowest BCUT2D eigenvalue weighted by Gasteiger charge is -2.36. The van der Waals surface area contributed by atoms with Crippen molar-refractivity contribution in [1.29, 1.82) is 0 Å². The molecule has 0 radical (unpaired) electrons. The van der Waals surface area contributed by atoms with E-state index in [0.29, 0.717) is 0 Å². The molecule has 0 aliphatic carbocycles. The molecule has 0 saturated carbocycles. The van der Waals surface area contributed by atoms with Gasteiger partial charge >= 0.3 is 0 Å². The third kappa shape index (κ3) is 7.73. The summed E-state index contributed by atoms with van der Waals surface area (Å²) in [7, 11) is 0. The number of aromatic hydroxyl groups is 1. The number of imide groups is 2. The fourth-order valence-corrected chi connectivity index (χ4v) is 7.65. The van der Waals surface area contributed by atoms with Gasteiger partial charge in [0.2, 0.25) is 11.8 Å². The molecule has 7 rings (SSSR count). The Hall–Kier alpha value is -5.74. The van der Waals surface area contributed by atoms with E-state index in [1.165, 1.54) is 22.4 Å². The monoisotopic (exact) mass is 711 g/mol. The number of hydrogen-bond acceptors (Lipinski definition) is 8. The number of piperazine rings is 1. The van der Waals surface area contributed by atoms with Crippen LogP contribution in [-0.2, 0) is 9.59 Å². The van der Waals surface area contributed by atoms with Gasteiger partial charge in [-0.3, -0.25) is 34.3 Å². The van der Waals surface area contributed by atoms with E-state index in [-0.39, 0.29) is 29.7 Å². The van der Waals surface area contributed by atoms with Gasteiger partial charge in [0.15, 0.2) is 0 Å². The fourth-order valence-electron chi connectivity index (χ4n) is 7.65. The predicted molar refractivity (Wildman–Crippen MR) is 207 cm³/mol. The van der Waals surface area contributed by atoms with Crippen LogP contribution in [0.1, 0.15) is 76.4 Å². The number of phenolic OH excluding ortho intramolecular Hbond substituents is 1. The largest absolute Gasteiger partial charge is 0.508 e. The van der Waals surface area contributed by atoms with Crippen molar-refractivity contribution in [3.8, 4) is 5.75 Å². The SMILES string of the molecule is CCC(=C(c1ccc(O)cc1)c1ccc(N2CCN(CCCCNc3ccc4c(c3)C(=O)N(C3CCC(=O)NC3=O)C4=O)CC2)cc1)c1ccccc1. The number of piperidine rings is 1. The Morgan fingerprint density at radius 3 is 2.13 bits per heavy atom. The van der Waals surface area contributed by atoms with Crippen LogP contribution in [-0.4, -0.2) is 83.8 Å². The zero-order chi connectivity index (χ0) is 36.9. The highest BCUT2D eigenvalue weighted by Crippen LogP contribution is 2.36. The van der Waals surface area contributed by atoms with Crippen LogP contribution in [0.2, 0.25) is 0 Å². The van der Waals surface area contributed by atoms with E-state index < -0.39 is 29.7 Å². The van der Waals surface area contributed by atoms with Gasteiger partial charge in [0.1, 0.15) is 11.8 Å². The minimum absolute atomic E-state index is 0.0956. The molecule has 2 fully saturated rings. The Balaban J connectivity index is 0.895. The molecule has 2 saturated heterocycles. The average molecular weight is 712 g/mol. The maximum Gasteiger partial charge on any atom is 0.262 e. The van der Waals surface area contributed by atoms with Crippen molar-refractivity contribution in [3.63, 3.8) is 0 Å². The normalized spacial score (nSPS) is 18.2. The first kappa shape index (κ1) is 35.7. The van der Waals surface area contributed by atoms with Crippen LogP contribution < -0.4 is 15.5 Å². The highest BCUT2D eigenvalue weighted by molar-refractivity contribution is 6.23. The summed E-state index contributed by atoms with van der Waals surface area (Å²) in [6, 6.07) is 31.0. The van der Waals surface area contributed by atoms with Crippen molar-refractivity contribution >= 4 is 46.1 Å². The van der Waals surface area contributed by atoms with Gasteiger partial charge in [0.05, 0.1) is 11.1 Å². The molecule has 4 amide bonds. The second-order valence-electron chi connectivity index (χ2n) is 13.8. The molecule has 0 bridgehead atoms. The minimum atomic E-state index is -0.966. The van der Waals surface area contributed by atoms with E-state index in [1.807, 2.05) is 18.2 Å². The van der Waals surface area contributed by atoms with E-state index in [2.05, 4.69) is 75.9 Å². The van der Waals surface area contributed by atoms with Crippen LogP contribution >= 0.6 is 0 Å². The first-order chi connectivity index (χ1) is 25.8. The Morgan fingerprint density at radius 2 is 1.45 bits per heavy atom. The van der Waals surface area contributed by atoms with Crippen molar-refractivity contribution in [2.45, 2.75) is 45.1 Å². The number of anilines is 2. The van der Waals surface area contributed by atoms with Crippen molar-refractivity contribution in [1.82, 2.24) is 15.1 Å². The summed E-state index contributed by atoms with van der Waals surface area (Å²) in [5, 5.41) is 15.6. The van der Waals surface area contributed by atoms with E-state index in [1.54, 1.807) is 30.3 Å². The van der Waals surface area contributed by atoms with Gasteiger partial charge in [-0.05, 0) is 103 Å². The molecule has 3 aliphatic heterocycles. The van der Waals surface area contributed by atoms with Crippen LogP contribution in [0.5, 0.6) is 5.75 Å². The topological polar surface area (TPSA) is 122 Å². The predicted octanol–water partition coefficient (Wildman–Crippen LogP) is 6.18. The molecule has 53 heavy (non-hydrogen) atoms. The summed E-state index contributed by atoms with van der Waals surface area (Å²) in [5.74, 6) is -1.73. The molecule has 3 N–H and O–H groups in total. The van der Waals surface area contributed by atoms with Gasteiger partial charge in [-0.2, -0.15) is 0 Å². The molecule has 4 aromatic carbocycles. The molecule has 0 spiro atoms. The van der Waals surface area contributed by atoms with Gasteiger partial charge in [-0.15, -0.1) is 0 Å². The van der Waals surface area contributed by atoms with Crippen molar-refractivity contribution in [2.75, 3.05) is 49.5 Å². The smallest absolute Gasteiger partial charge is 0.262 e. The molecule has 10 heteroatoms. The second-order valence-corrected chi connectivity index (χ2v) is 13.8. The van der Waals surface area contributed by atoms with Crippen LogP contribution in [0.25, 0.3) is 11.1 Å². The lowest BCUT2D eigenvalue weighted by Crippen LogP contribution is -2.54. The maximum absolute atomic E-state index is 13.1. The third-order valence-corrected chi connectivity index (χ3v) is 10.5. The van der Waals surface area contributed by atoms with Crippen LogP contribution in [0.15, 0.2) is 97.1 Å². The summed E-state index contributed by atoms with van der Waals surface area (Å²) < 4.78 is 0. The quantitative estimate of drug-likeness (QED) is 0.0906. The van der Waals surface area contributed by atoms with Gasteiger partial charge in [0.25, 0.3) is 11.8 Å². The second kappa shape index (κ2) is 15.9. The number of nitrogens with zero attached hydrogens (tertiary/aromatic N) is 3.